The number of para-hydroxylation sites is 1. The molecule has 1 aliphatic carbocycles. The summed E-state index contributed by atoms with van der Waals surface area (Å²) in [6.45, 7) is 2.59. The van der Waals surface area contributed by atoms with Crippen molar-refractivity contribution in [2.24, 2.45) is 11.8 Å². The molecule has 0 saturated heterocycles. The van der Waals surface area contributed by atoms with Gasteiger partial charge < -0.3 is 14.6 Å². The summed E-state index contributed by atoms with van der Waals surface area (Å²) < 4.78 is 6.96. The van der Waals surface area contributed by atoms with Gasteiger partial charge in [-0.1, -0.05) is 35.9 Å². The minimum atomic E-state index is -0.142. The molecule has 5 rings (SSSR count). The van der Waals surface area contributed by atoms with Crippen molar-refractivity contribution in [3.8, 4) is 0 Å². The van der Waals surface area contributed by atoms with Crippen molar-refractivity contribution in [3.63, 3.8) is 0 Å². The van der Waals surface area contributed by atoms with Crippen LogP contribution in [-0.2, 0) is 16.1 Å². The number of nitrogens with zero attached hydrogens (tertiary/aromatic N) is 2. The number of halogens is 1. The zero-order valence-corrected chi connectivity index (χ0v) is 21.3. The molecule has 1 amide bonds. The monoisotopic (exact) mass is 503 g/mol. The molecule has 0 bridgehead atoms. The summed E-state index contributed by atoms with van der Waals surface area (Å²) >= 11 is 6.40. The molecule has 0 spiro atoms. The van der Waals surface area contributed by atoms with E-state index in [1.165, 1.54) is 7.11 Å². The fraction of sp³-hybridized carbons (Fsp3) is 0.345. The van der Waals surface area contributed by atoms with Gasteiger partial charge in [-0.3, -0.25) is 14.6 Å². The molecule has 186 valence electrons. The number of amides is 1. The molecule has 2 heterocycles. The van der Waals surface area contributed by atoms with Crippen molar-refractivity contribution < 1.29 is 14.3 Å². The van der Waals surface area contributed by atoms with Crippen LogP contribution < -0.4 is 5.32 Å². The predicted octanol–water partition coefficient (Wildman–Crippen LogP) is 5.99. The van der Waals surface area contributed by atoms with Crippen molar-refractivity contribution in [2.45, 2.75) is 45.2 Å². The summed E-state index contributed by atoms with van der Waals surface area (Å²) in [5.41, 5.74) is 3.26. The van der Waals surface area contributed by atoms with Gasteiger partial charge in [0.2, 0.25) is 0 Å². The molecule has 1 saturated carbocycles. The number of nitrogens with one attached hydrogen (secondary N) is 1. The van der Waals surface area contributed by atoms with Crippen LogP contribution in [0.5, 0.6) is 0 Å². The lowest BCUT2D eigenvalue weighted by molar-refractivity contribution is -0.146. The second-order valence-corrected chi connectivity index (χ2v) is 10.2. The molecule has 1 fully saturated rings. The largest absolute Gasteiger partial charge is 0.469 e. The highest BCUT2D eigenvalue weighted by Gasteiger charge is 2.30. The van der Waals surface area contributed by atoms with Gasteiger partial charge in [0.05, 0.1) is 41.9 Å². The average molecular weight is 504 g/mol. The standard InChI is InChI=1S/C29H30ClN3O3/c1-18(19-7-9-21(10-8-19)29(35)36-2)31-28(34)25-16-23(30)15-22-13-14-33(27(22)25)17-24-12-11-20-5-3-4-6-26(20)32-24/h3-6,11-16,18-19,21H,7-10,17H2,1-2H3,(H,31,34). The average Bonchev–Trinajstić information content (AvgIpc) is 3.29. The Kier molecular flexibility index (Phi) is 6.97. The van der Waals surface area contributed by atoms with Crippen LogP contribution in [0, 0.1) is 11.8 Å². The lowest BCUT2D eigenvalue weighted by Crippen LogP contribution is -2.40. The second kappa shape index (κ2) is 10.3. The molecule has 7 heteroatoms. The van der Waals surface area contributed by atoms with Crippen LogP contribution in [0.4, 0.5) is 0 Å². The Hall–Kier alpha value is -3.38. The molecule has 0 aliphatic heterocycles. The molecule has 1 aliphatic rings. The van der Waals surface area contributed by atoms with Gasteiger partial charge in [-0.05, 0) is 68.9 Å². The summed E-state index contributed by atoms with van der Waals surface area (Å²) in [7, 11) is 1.44. The normalized spacial score (nSPS) is 18.8. The maximum Gasteiger partial charge on any atom is 0.308 e. The fourth-order valence-electron chi connectivity index (χ4n) is 5.41. The maximum atomic E-state index is 13.5. The zero-order chi connectivity index (χ0) is 25.2. The number of hydrogen-bond donors (Lipinski definition) is 1. The van der Waals surface area contributed by atoms with Crippen molar-refractivity contribution in [1.82, 2.24) is 14.9 Å². The molecule has 0 radical (unpaired) electrons. The first-order valence-corrected chi connectivity index (χ1v) is 12.8. The van der Waals surface area contributed by atoms with E-state index in [0.29, 0.717) is 23.0 Å². The highest BCUT2D eigenvalue weighted by atomic mass is 35.5. The molecule has 1 unspecified atom stereocenters. The van der Waals surface area contributed by atoms with E-state index in [1.54, 1.807) is 6.07 Å². The van der Waals surface area contributed by atoms with Gasteiger partial charge in [-0.15, -0.1) is 0 Å². The van der Waals surface area contributed by atoms with Gasteiger partial charge in [-0.25, -0.2) is 0 Å². The van der Waals surface area contributed by atoms with Crippen molar-refractivity contribution >= 4 is 45.3 Å². The number of benzene rings is 2. The molecular formula is C29H30ClN3O3. The maximum absolute atomic E-state index is 13.5. The van der Waals surface area contributed by atoms with Crippen LogP contribution in [0.1, 0.15) is 48.7 Å². The third kappa shape index (κ3) is 4.96. The van der Waals surface area contributed by atoms with Crippen LogP contribution in [0.2, 0.25) is 5.02 Å². The first-order valence-electron chi connectivity index (χ1n) is 12.4. The Morgan fingerprint density at radius 1 is 1.08 bits per heavy atom. The molecule has 36 heavy (non-hydrogen) atoms. The number of rotatable bonds is 6. The molecule has 1 N–H and O–H groups in total. The number of pyridine rings is 1. The van der Waals surface area contributed by atoms with Crippen molar-refractivity contribution in [3.05, 3.63) is 77.1 Å². The highest BCUT2D eigenvalue weighted by Crippen LogP contribution is 2.32. The van der Waals surface area contributed by atoms with Crippen LogP contribution in [-0.4, -0.2) is 34.6 Å². The van der Waals surface area contributed by atoms with E-state index >= 15 is 0 Å². The Labute approximate surface area is 215 Å². The highest BCUT2D eigenvalue weighted by molar-refractivity contribution is 6.32. The minimum Gasteiger partial charge on any atom is -0.469 e. The molecular weight excluding hydrogens is 474 g/mol. The number of ether oxygens (including phenoxy) is 1. The smallest absolute Gasteiger partial charge is 0.308 e. The van der Waals surface area contributed by atoms with Crippen molar-refractivity contribution in [1.29, 1.82) is 0 Å². The van der Waals surface area contributed by atoms with Gasteiger partial charge in [0.1, 0.15) is 0 Å². The first-order chi connectivity index (χ1) is 17.4. The molecule has 2 aromatic carbocycles. The Morgan fingerprint density at radius 3 is 2.64 bits per heavy atom. The third-order valence-corrected chi connectivity index (χ3v) is 7.65. The van der Waals surface area contributed by atoms with E-state index in [0.717, 1.165) is 53.2 Å². The van der Waals surface area contributed by atoms with E-state index in [-0.39, 0.29) is 23.8 Å². The van der Waals surface area contributed by atoms with E-state index in [4.69, 9.17) is 21.3 Å². The van der Waals surface area contributed by atoms with Gasteiger partial charge in [0, 0.05) is 28.0 Å². The number of fused-ring (bicyclic) bond motifs is 2. The first kappa shape index (κ1) is 24.3. The summed E-state index contributed by atoms with van der Waals surface area (Å²) in [4.78, 5) is 30.1. The van der Waals surface area contributed by atoms with E-state index in [1.807, 2.05) is 55.6 Å². The summed E-state index contributed by atoms with van der Waals surface area (Å²) in [5.74, 6) is 0.0106. The van der Waals surface area contributed by atoms with Crippen LogP contribution in [0.15, 0.2) is 60.8 Å². The van der Waals surface area contributed by atoms with Crippen LogP contribution >= 0.6 is 11.6 Å². The number of carbonyl (C=O) groups excluding carboxylic acids is 2. The number of hydrogen-bond acceptors (Lipinski definition) is 4. The summed E-state index contributed by atoms with van der Waals surface area (Å²) in [5, 5.41) is 5.75. The van der Waals surface area contributed by atoms with E-state index in [2.05, 4.69) is 16.0 Å². The van der Waals surface area contributed by atoms with Gasteiger partial charge in [0.25, 0.3) is 5.91 Å². The molecule has 4 aromatic rings. The summed E-state index contributed by atoms with van der Waals surface area (Å²) in [6, 6.07) is 17.7. The van der Waals surface area contributed by atoms with E-state index in [9.17, 15) is 9.59 Å². The molecule has 1 atom stereocenters. The minimum absolute atomic E-state index is 0.0179. The van der Waals surface area contributed by atoms with Gasteiger partial charge in [0.15, 0.2) is 0 Å². The number of aromatic nitrogens is 2. The van der Waals surface area contributed by atoms with Gasteiger partial charge >= 0.3 is 5.97 Å². The van der Waals surface area contributed by atoms with Crippen LogP contribution in [0.25, 0.3) is 21.8 Å². The van der Waals surface area contributed by atoms with Crippen LogP contribution in [0.3, 0.4) is 0 Å². The topological polar surface area (TPSA) is 73.2 Å². The number of esters is 1. The Bertz CT molecular complexity index is 1420. The third-order valence-electron chi connectivity index (χ3n) is 7.43. The lowest BCUT2D eigenvalue weighted by atomic mass is 9.79. The SMILES string of the molecule is COC(=O)C1CCC(C(C)NC(=O)c2cc(Cl)cc3ccn(Cc4ccc5ccccc5n4)c23)CC1. The summed E-state index contributed by atoms with van der Waals surface area (Å²) in [6.07, 6.45) is 5.33. The van der Waals surface area contributed by atoms with Gasteiger partial charge in [-0.2, -0.15) is 0 Å². The zero-order valence-electron chi connectivity index (χ0n) is 20.5. The number of methoxy groups -OCH3 is 1. The fourth-order valence-corrected chi connectivity index (χ4v) is 5.64. The quantitative estimate of drug-likeness (QED) is 0.328. The molecule has 6 nitrogen and oxygen atoms in total. The predicted molar refractivity (Wildman–Crippen MR) is 142 cm³/mol. The lowest BCUT2D eigenvalue weighted by Gasteiger charge is -2.31. The van der Waals surface area contributed by atoms with E-state index < -0.39 is 0 Å². The second-order valence-electron chi connectivity index (χ2n) is 9.73. The van der Waals surface area contributed by atoms with Crippen molar-refractivity contribution in [2.75, 3.05) is 7.11 Å². The molecule has 2 aromatic heterocycles. The number of carbonyl (C=O) groups is 2. The Balaban J connectivity index is 1.36. The Morgan fingerprint density at radius 2 is 1.86 bits per heavy atom.